The number of benzene rings is 1. The number of ether oxygens (including phenoxy) is 1. The van der Waals surface area contributed by atoms with Gasteiger partial charge >= 0.3 is 6.09 Å². The van der Waals surface area contributed by atoms with Crippen molar-refractivity contribution in [2.45, 2.75) is 44.6 Å². The second-order valence-electron chi connectivity index (χ2n) is 7.09. The summed E-state index contributed by atoms with van der Waals surface area (Å²) in [6.07, 6.45) is 0.335. The molecular weight excluding hydrogens is 342 g/mol. The number of rotatable bonds is 3. The molecular formula is C17H27N3O4S. The van der Waals surface area contributed by atoms with Gasteiger partial charge in [0.25, 0.3) is 0 Å². The molecule has 7 nitrogen and oxygen atoms in total. The van der Waals surface area contributed by atoms with E-state index in [0.717, 1.165) is 12.0 Å². The number of carbonyl (C=O) groups excluding carboxylic acids is 1. The van der Waals surface area contributed by atoms with Gasteiger partial charge < -0.3 is 15.4 Å². The molecule has 0 atom stereocenters. The van der Waals surface area contributed by atoms with Gasteiger partial charge in [-0.15, -0.1) is 0 Å². The number of nitrogen functional groups attached to an aromatic ring is 1. The fraction of sp³-hybridized carbons (Fsp3) is 0.588. The summed E-state index contributed by atoms with van der Waals surface area (Å²) in [5, 5.41) is 0. The zero-order valence-corrected chi connectivity index (χ0v) is 16.1. The molecule has 2 N–H and O–H groups in total. The molecule has 8 heteroatoms. The van der Waals surface area contributed by atoms with Crippen LogP contribution in [0.4, 0.5) is 10.5 Å². The van der Waals surface area contributed by atoms with Gasteiger partial charge in [-0.2, -0.15) is 4.31 Å². The number of anilines is 1. The fourth-order valence-electron chi connectivity index (χ4n) is 2.64. The summed E-state index contributed by atoms with van der Waals surface area (Å²) in [4.78, 5) is 13.8. The predicted molar refractivity (Wildman–Crippen MR) is 96.8 cm³/mol. The molecule has 1 aliphatic rings. The zero-order chi connectivity index (χ0) is 18.8. The third kappa shape index (κ3) is 4.64. The molecule has 0 aromatic heterocycles. The highest BCUT2D eigenvalue weighted by atomic mass is 32.2. The van der Waals surface area contributed by atoms with Crippen LogP contribution in [-0.4, -0.2) is 55.5 Å². The lowest BCUT2D eigenvalue weighted by Gasteiger charge is -2.35. The number of sulfonamides is 1. The second-order valence-corrected chi connectivity index (χ2v) is 9.02. The Kier molecular flexibility index (Phi) is 5.63. The van der Waals surface area contributed by atoms with Crippen molar-refractivity contribution in [3.05, 3.63) is 23.8 Å². The molecule has 1 aliphatic heterocycles. The van der Waals surface area contributed by atoms with Gasteiger partial charge in [-0.1, -0.05) is 13.0 Å². The van der Waals surface area contributed by atoms with E-state index in [1.165, 1.54) is 15.3 Å². The van der Waals surface area contributed by atoms with Crippen molar-refractivity contribution >= 4 is 21.8 Å². The van der Waals surface area contributed by atoms with Crippen molar-refractivity contribution < 1.29 is 17.9 Å². The van der Waals surface area contributed by atoms with E-state index >= 15 is 0 Å². The van der Waals surface area contributed by atoms with Crippen LogP contribution >= 0.6 is 0 Å². The monoisotopic (exact) mass is 369 g/mol. The number of piperazine rings is 1. The van der Waals surface area contributed by atoms with Crippen LogP contribution in [0.3, 0.4) is 0 Å². The molecule has 0 bridgehead atoms. The lowest BCUT2D eigenvalue weighted by Crippen LogP contribution is -2.51. The summed E-state index contributed by atoms with van der Waals surface area (Å²) in [7, 11) is -3.62. The molecule has 0 unspecified atom stereocenters. The number of nitrogens with zero attached hydrogens (tertiary/aromatic N) is 2. The molecule has 0 aliphatic carbocycles. The predicted octanol–water partition coefficient (Wildman–Crippen LogP) is 2.07. The van der Waals surface area contributed by atoms with Gasteiger partial charge in [0.15, 0.2) is 0 Å². The molecule has 1 heterocycles. The van der Waals surface area contributed by atoms with Crippen molar-refractivity contribution in [3.63, 3.8) is 0 Å². The maximum absolute atomic E-state index is 12.8. The van der Waals surface area contributed by atoms with Gasteiger partial charge in [-0.25, -0.2) is 13.2 Å². The normalized spacial score (nSPS) is 16.7. The Morgan fingerprint density at radius 3 is 2.28 bits per heavy atom. The van der Waals surface area contributed by atoms with Crippen LogP contribution < -0.4 is 5.73 Å². The molecule has 0 saturated carbocycles. The Balaban J connectivity index is 2.06. The summed E-state index contributed by atoms with van der Waals surface area (Å²) in [6, 6.07) is 4.85. The van der Waals surface area contributed by atoms with Gasteiger partial charge in [0.2, 0.25) is 10.0 Å². The minimum Gasteiger partial charge on any atom is -0.444 e. The van der Waals surface area contributed by atoms with Gasteiger partial charge in [-0.05, 0) is 44.9 Å². The highest BCUT2D eigenvalue weighted by Gasteiger charge is 2.32. The molecule has 1 fully saturated rings. The number of hydrogen-bond acceptors (Lipinski definition) is 5. The lowest BCUT2D eigenvalue weighted by molar-refractivity contribution is 0.0192. The van der Waals surface area contributed by atoms with Crippen LogP contribution in [-0.2, 0) is 21.2 Å². The average Bonchev–Trinajstić information content (AvgIpc) is 2.53. The molecule has 0 radical (unpaired) electrons. The zero-order valence-electron chi connectivity index (χ0n) is 15.3. The van der Waals surface area contributed by atoms with Crippen LogP contribution in [0.15, 0.2) is 23.1 Å². The van der Waals surface area contributed by atoms with Crippen LogP contribution in [0, 0.1) is 0 Å². The standard InChI is InChI=1S/C17H27N3O4S/c1-5-13-6-7-14(12-15(13)18)25(22,23)20-10-8-19(9-11-20)16(21)24-17(2,3)4/h6-7,12H,5,8-11,18H2,1-4H3. The van der Waals surface area contributed by atoms with Crippen LogP contribution in [0.2, 0.25) is 0 Å². The molecule has 1 amide bonds. The third-order valence-corrected chi connectivity index (χ3v) is 5.92. The molecule has 2 rings (SSSR count). The van der Waals surface area contributed by atoms with Crippen molar-refractivity contribution in [3.8, 4) is 0 Å². The van der Waals surface area contributed by atoms with Crippen molar-refractivity contribution in [2.24, 2.45) is 0 Å². The Labute approximate surface area is 149 Å². The van der Waals surface area contributed by atoms with E-state index < -0.39 is 21.7 Å². The number of amides is 1. The number of aryl methyl sites for hydroxylation is 1. The smallest absolute Gasteiger partial charge is 0.410 e. The Morgan fingerprint density at radius 1 is 1.20 bits per heavy atom. The van der Waals surface area contributed by atoms with Gasteiger partial charge in [0.05, 0.1) is 4.90 Å². The minimum absolute atomic E-state index is 0.188. The minimum atomic E-state index is -3.62. The average molecular weight is 369 g/mol. The van der Waals surface area contributed by atoms with Crippen LogP contribution in [0.5, 0.6) is 0 Å². The highest BCUT2D eigenvalue weighted by Crippen LogP contribution is 2.23. The first-order chi connectivity index (χ1) is 11.5. The van der Waals surface area contributed by atoms with Gasteiger partial charge in [0.1, 0.15) is 5.60 Å². The Morgan fingerprint density at radius 2 is 1.80 bits per heavy atom. The van der Waals surface area contributed by atoms with Crippen LogP contribution in [0.25, 0.3) is 0 Å². The quantitative estimate of drug-likeness (QED) is 0.824. The summed E-state index contributed by atoms with van der Waals surface area (Å²) < 4.78 is 32.3. The van der Waals surface area contributed by atoms with E-state index in [0.29, 0.717) is 18.8 Å². The number of hydrogen-bond donors (Lipinski definition) is 1. The van der Waals surface area contributed by atoms with E-state index in [-0.39, 0.29) is 18.0 Å². The van der Waals surface area contributed by atoms with E-state index in [1.54, 1.807) is 32.9 Å². The SMILES string of the molecule is CCc1ccc(S(=O)(=O)N2CCN(C(=O)OC(C)(C)C)CC2)cc1N. The van der Waals surface area contributed by atoms with Crippen LogP contribution in [0.1, 0.15) is 33.3 Å². The maximum atomic E-state index is 12.8. The summed E-state index contributed by atoms with van der Waals surface area (Å²) in [6.45, 7) is 8.44. The van der Waals surface area contributed by atoms with E-state index in [9.17, 15) is 13.2 Å². The van der Waals surface area contributed by atoms with E-state index in [2.05, 4.69) is 0 Å². The maximum Gasteiger partial charge on any atom is 0.410 e. The summed E-state index contributed by atoms with van der Waals surface area (Å²) in [5.41, 5.74) is 6.76. The number of carbonyl (C=O) groups is 1. The first-order valence-corrected chi connectivity index (χ1v) is 9.85. The second kappa shape index (κ2) is 7.21. The summed E-state index contributed by atoms with van der Waals surface area (Å²) in [5.74, 6) is 0. The molecule has 25 heavy (non-hydrogen) atoms. The summed E-state index contributed by atoms with van der Waals surface area (Å²) >= 11 is 0. The molecule has 0 spiro atoms. The Bertz CT molecular complexity index is 733. The first kappa shape index (κ1) is 19.5. The van der Waals surface area contributed by atoms with Crippen molar-refractivity contribution in [1.82, 2.24) is 9.21 Å². The molecule has 1 aromatic rings. The fourth-order valence-corrected chi connectivity index (χ4v) is 4.10. The van der Waals surface area contributed by atoms with E-state index in [1.807, 2.05) is 6.92 Å². The molecule has 1 aromatic carbocycles. The Hall–Kier alpha value is -1.80. The number of nitrogens with two attached hydrogens (primary N) is 1. The van der Waals surface area contributed by atoms with E-state index in [4.69, 9.17) is 10.5 Å². The van der Waals surface area contributed by atoms with Gasteiger partial charge in [-0.3, -0.25) is 0 Å². The largest absolute Gasteiger partial charge is 0.444 e. The lowest BCUT2D eigenvalue weighted by atomic mass is 10.1. The third-order valence-electron chi connectivity index (χ3n) is 4.03. The molecule has 1 saturated heterocycles. The molecule has 140 valence electrons. The van der Waals surface area contributed by atoms with Crippen molar-refractivity contribution in [2.75, 3.05) is 31.9 Å². The topological polar surface area (TPSA) is 92.9 Å². The first-order valence-electron chi connectivity index (χ1n) is 8.41. The highest BCUT2D eigenvalue weighted by molar-refractivity contribution is 7.89. The van der Waals surface area contributed by atoms with Gasteiger partial charge in [0, 0.05) is 31.9 Å². The van der Waals surface area contributed by atoms with Crippen molar-refractivity contribution in [1.29, 1.82) is 0 Å².